The second-order valence-corrected chi connectivity index (χ2v) is 4.99. The maximum Gasteiger partial charge on any atom is 0.170 e. The summed E-state index contributed by atoms with van der Waals surface area (Å²) in [6, 6.07) is 11.3. The van der Waals surface area contributed by atoms with Gasteiger partial charge in [-0.25, -0.2) is 4.39 Å². The van der Waals surface area contributed by atoms with Gasteiger partial charge in [0.05, 0.1) is 12.7 Å². The first-order valence-corrected chi connectivity index (χ1v) is 6.50. The summed E-state index contributed by atoms with van der Waals surface area (Å²) in [7, 11) is 1.51. The first-order chi connectivity index (χ1) is 9.10. The van der Waals surface area contributed by atoms with Crippen molar-refractivity contribution in [3.05, 3.63) is 63.9 Å². The maximum absolute atomic E-state index is 13.1. The first-order valence-electron chi connectivity index (χ1n) is 5.71. The van der Waals surface area contributed by atoms with E-state index in [2.05, 4.69) is 15.9 Å². The fourth-order valence-corrected chi connectivity index (χ4v) is 2.16. The lowest BCUT2D eigenvalue weighted by atomic mass is 10.0. The third-order valence-electron chi connectivity index (χ3n) is 2.72. The van der Waals surface area contributed by atoms with Crippen LogP contribution in [0.3, 0.4) is 0 Å². The number of halogens is 2. The minimum Gasteiger partial charge on any atom is -0.496 e. The van der Waals surface area contributed by atoms with Crippen LogP contribution in [-0.2, 0) is 6.42 Å². The number of hydrogen-bond acceptors (Lipinski definition) is 2. The van der Waals surface area contributed by atoms with Crippen molar-refractivity contribution in [2.75, 3.05) is 7.11 Å². The number of hydrogen-bond donors (Lipinski definition) is 0. The monoisotopic (exact) mass is 322 g/mol. The molecule has 2 aromatic carbocycles. The van der Waals surface area contributed by atoms with Gasteiger partial charge in [0.1, 0.15) is 11.6 Å². The molecule has 98 valence electrons. The molecule has 4 heteroatoms. The van der Waals surface area contributed by atoms with Crippen LogP contribution in [-0.4, -0.2) is 12.9 Å². The van der Waals surface area contributed by atoms with Crippen LogP contribution in [0.25, 0.3) is 0 Å². The van der Waals surface area contributed by atoms with Crippen LogP contribution in [0.2, 0.25) is 0 Å². The predicted octanol–water partition coefficient (Wildman–Crippen LogP) is 4.02. The Morgan fingerprint density at radius 1 is 1.26 bits per heavy atom. The van der Waals surface area contributed by atoms with Crippen LogP contribution < -0.4 is 4.74 Å². The number of carbonyl (C=O) groups is 1. The third kappa shape index (κ3) is 3.41. The van der Waals surface area contributed by atoms with Gasteiger partial charge < -0.3 is 4.74 Å². The van der Waals surface area contributed by atoms with Crippen LogP contribution in [0.15, 0.2) is 46.9 Å². The summed E-state index contributed by atoms with van der Waals surface area (Å²) >= 11 is 3.32. The van der Waals surface area contributed by atoms with E-state index in [-0.39, 0.29) is 18.0 Å². The average Bonchev–Trinajstić information content (AvgIpc) is 2.38. The Labute approximate surface area is 119 Å². The normalized spacial score (nSPS) is 10.3. The molecule has 0 spiro atoms. The molecule has 0 atom stereocenters. The largest absolute Gasteiger partial charge is 0.496 e. The van der Waals surface area contributed by atoms with Crippen LogP contribution in [0, 0.1) is 5.82 Å². The number of benzene rings is 2. The van der Waals surface area contributed by atoms with E-state index in [9.17, 15) is 9.18 Å². The van der Waals surface area contributed by atoms with Crippen LogP contribution >= 0.6 is 15.9 Å². The van der Waals surface area contributed by atoms with Gasteiger partial charge in [0.2, 0.25) is 0 Å². The van der Waals surface area contributed by atoms with Gasteiger partial charge in [-0.05, 0) is 35.9 Å². The van der Waals surface area contributed by atoms with E-state index in [4.69, 9.17) is 4.74 Å². The number of carbonyl (C=O) groups excluding carboxylic acids is 1. The Bertz CT molecular complexity index is 611. The molecule has 0 aromatic heterocycles. The zero-order valence-corrected chi connectivity index (χ0v) is 11.9. The van der Waals surface area contributed by atoms with Crippen molar-refractivity contribution in [1.29, 1.82) is 0 Å². The first kappa shape index (κ1) is 13.7. The highest BCUT2D eigenvalue weighted by Crippen LogP contribution is 2.24. The topological polar surface area (TPSA) is 26.3 Å². The van der Waals surface area contributed by atoms with Gasteiger partial charge in [-0.1, -0.05) is 28.1 Å². The zero-order valence-electron chi connectivity index (χ0n) is 10.3. The van der Waals surface area contributed by atoms with E-state index < -0.39 is 0 Å². The lowest BCUT2D eigenvalue weighted by Crippen LogP contribution is -2.06. The highest BCUT2D eigenvalue weighted by atomic mass is 79.9. The number of ether oxygens (including phenoxy) is 1. The van der Waals surface area contributed by atoms with E-state index in [0.717, 1.165) is 4.47 Å². The van der Waals surface area contributed by atoms with Crippen molar-refractivity contribution in [2.24, 2.45) is 0 Å². The van der Waals surface area contributed by atoms with Gasteiger partial charge in [0.15, 0.2) is 5.78 Å². The third-order valence-corrected chi connectivity index (χ3v) is 3.21. The van der Waals surface area contributed by atoms with E-state index in [0.29, 0.717) is 16.9 Å². The second-order valence-electron chi connectivity index (χ2n) is 4.07. The van der Waals surface area contributed by atoms with Gasteiger partial charge in [0, 0.05) is 10.9 Å². The Hall–Kier alpha value is -1.68. The van der Waals surface area contributed by atoms with Crippen molar-refractivity contribution in [3.8, 4) is 5.75 Å². The van der Waals surface area contributed by atoms with E-state index in [1.807, 2.05) is 0 Å². The van der Waals surface area contributed by atoms with Gasteiger partial charge in [-0.2, -0.15) is 0 Å². The SMILES string of the molecule is COc1cc(Br)ccc1C(=O)Cc1cccc(F)c1. The molecule has 0 aliphatic carbocycles. The summed E-state index contributed by atoms with van der Waals surface area (Å²) in [6.45, 7) is 0. The van der Waals surface area contributed by atoms with Gasteiger partial charge in [0.25, 0.3) is 0 Å². The molecule has 0 bridgehead atoms. The molecule has 2 aromatic rings. The molecule has 0 aliphatic heterocycles. The van der Waals surface area contributed by atoms with Gasteiger partial charge in [-0.15, -0.1) is 0 Å². The smallest absolute Gasteiger partial charge is 0.170 e. The van der Waals surface area contributed by atoms with Crippen LogP contribution in [0.4, 0.5) is 4.39 Å². The molecule has 2 nitrogen and oxygen atoms in total. The number of rotatable bonds is 4. The molecule has 0 amide bonds. The Morgan fingerprint density at radius 2 is 2.05 bits per heavy atom. The molecular weight excluding hydrogens is 311 g/mol. The van der Waals surface area contributed by atoms with Crippen molar-refractivity contribution in [2.45, 2.75) is 6.42 Å². The fraction of sp³-hybridized carbons (Fsp3) is 0.133. The minimum absolute atomic E-state index is 0.102. The number of ketones is 1. The predicted molar refractivity (Wildman–Crippen MR) is 75.1 cm³/mol. The Balaban J connectivity index is 2.25. The highest BCUT2D eigenvalue weighted by Gasteiger charge is 2.13. The standard InChI is InChI=1S/C15H12BrFO2/c1-19-15-9-11(16)5-6-13(15)14(18)8-10-3-2-4-12(17)7-10/h2-7,9H,8H2,1H3. The summed E-state index contributed by atoms with van der Waals surface area (Å²) in [5.74, 6) is 0.0683. The van der Waals surface area contributed by atoms with Crippen molar-refractivity contribution in [3.63, 3.8) is 0 Å². The highest BCUT2D eigenvalue weighted by molar-refractivity contribution is 9.10. The molecule has 19 heavy (non-hydrogen) atoms. The summed E-state index contributed by atoms with van der Waals surface area (Å²) in [4.78, 5) is 12.2. The molecule has 0 fully saturated rings. The molecule has 0 N–H and O–H groups in total. The quantitative estimate of drug-likeness (QED) is 0.795. The number of Topliss-reactive ketones (excluding diaryl/α,β-unsaturated/α-hetero) is 1. The fourth-order valence-electron chi connectivity index (χ4n) is 1.82. The molecule has 0 aliphatic rings. The molecule has 0 saturated carbocycles. The van der Waals surface area contributed by atoms with E-state index in [1.165, 1.54) is 19.2 Å². The molecule has 2 rings (SSSR count). The molecule has 0 heterocycles. The molecule has 0 unspecified atom stereocenters. The minimum atomic E-state index is -0.340. The second kappa shape index (κ2) is 5.97. The van der Waals surface area contributed by atoms with Crippen LogP contribution in [0.1, 0.15) is 15.9 Å². The number of methoxy groups -OCH3 is 1. The molecule has 0 saturated heterocycles. The summed E-state index contributed by atoms with van der Waals surface area (Å²) in [5.41, 5.74) is 1.14. The Morgan fingerprint density at radius 3 is 2.74 bits per heavy atom. The van der Waals surface area contributed by atoms with Crippen molar-refractivity contribution in [1.82, 2.24) is 0 Å². The molecule has 0 radical (unpaired) electrons. The lowest BCUT2D eigenvalue weighted by Gasteiger charge is -2.08. The zero-order chi connectivity index (χ0) is 13.8. The van der Waals surface area contributed by atoms with Crippen molar-refractivity contribution >= 4 is 21.7 Å². The average molecular weight is 323 g/mol. The summed E-state index contributed by atoms with van der Waals surface area (Å²) in [5, 5.41) is 0. The Kier molecular flexibility index (Phi) is 4.32. The lowest BCUT2D eigenvalue weighted by molar-refractivity contribution is 0.0990. The summed E-state index contributed by atoms with van der Waals surface area (Å²) in [6.07, 6.45) is 0.149. The van der Waals surface area contributed by atoms with Crippen molar-refractivity contribution < 1.29 is 13.9 Å². The van der Waals surface area contributed by atoms with Gasteiger partial charge in [-0.3, -0.25) is 4.79 Å². The van der Waals surface area contributed by atoms with Gasteiger partial charge >= 0.3 is 0 Å². The molecular formula is C15H12BrFO2. The summed E-state index contributed by atoms with van der Waals surface area (Å²) < 4.78 is 19.1. The maximum atomic E-state index is 13.1. The van der Waals surface area contributed by atoms with E-state index >= 15 is 0 Å². The van der Waals surface area contributed by atoms with E-state index in [1.54, 1.807) is 30.3 Å². The van der Waals surface area contributed by atoms with Crippen LogP contribution in [0.5, 0.6) is 5.75 Å².